The Bertz CT molecular complexity index is 1150. The van der Waals surface area contributed by atoms with Crippen LogP contribution in [0.5, 0.6) is 0 Å². The molecule has 0 aromatic heterocycles. The number of methoxy groups -OCH3 is 4. The van der Waals surface area contributed by atoms with E-state index in [-0.39, 0.29) is 47.0 Å². The number of fused-ring (bicyclic) bond motifs is 2. The molecule has 4 aliphatic carbocycles. The Labute approximate surface area is 276 Å². The van der Waals surface area contributed by atoms with Gasteiger partial charge in [-0.2, -0.15) is 5.26 Å². The SMILES string of the molecule is CCC1=C[C@@H]2[C@H](C1)C[C@]2(C#N)C(C(=O)OC)C(=O)OC.CCC1=C[C@H]2C(=C(C(=O)OC)C(=O)OC)C[C@H]2C1.CO.[C-]#N.[Na+]. The van der Waals surface area contributed by atoms with Gasteiger partial charge in [-0.1, -0.05) is 37.1 Å². The van der Waals surface area contributed by atoms with Crippen molar-refractivity contribution in [2.45, 2.75) is 52.4 Å². The van der Waals surface area contributed by atoms with E-state index in [4.69, 9.17) is 26.4 Å². The van der Waals surface area contributed by atoms with Crippen LogP contribution in [0.25, 0.3) is 0 Å². The molecular weight excluding hydrogens is 567 g/mol. The van der Waals surface area contributed by atoms with Gasteiger partial charge in [0.05, 0.1) is 39.9 Å². The van der Waals surface area contributed by atoms with Crippen molar-refractivity contribution in [1.82, 2.24) is 0 Å². The van der Waals surface area contributed by atoms with E-state index in [1.807, 2.05) is 0 Å². The standard InChI is InChI=1S/C15H19NO4.C14H18O4.CN.CH4O.Na/c1-4-9-5-10-7-15(8-16,11(10)6-9)12(13(17)19-2)14(18)20-3;1-4-8-5-9-7-11(10(9)6-8)12(13(15)17-2)14(16)18-3;2*1-2;/h6,10-12H,4-5,7H2,1-3H3;6,9-10H,4-5,7H2,1-3H3;;2H,1H3;/q;;-1;;+1/t10-,11-,15-;9-,10-;;;/m11.../s1. The van der Waals surface area contributed by atoms with Crippen LogP contribution < -0.4 is 29.6 Å². The van der Waals surface area contributed by atoms with Crippen LogP contribution in [-0.4, -0.2) is 64.5 Å². The van der Waals surface area contributed by atoms with Crippen LogP contribution in [0.15, 0.2) is 34.4 Å². The first-order valence-corrected chi connectivity index (χ1v) is 13.7. The van der Waals surface area contributed by atoms with Gasteiger partial charge in [0.15, 0.2) is 5.92 Å². The fourth-order valence-corrected chi connectivity index (χ4v) is 6.45. The molecule has 0 aliphatic heterocycles. The minimum atomic E-state index is -1.16. The second kappa shape index (κ2) is 18.6. The Kier molecular flexibility index (Phi) is 17.4. The number of aliphatic hydroxyl groups is 1. The van der Waals surface area contributed by atoms with Crippen LogP contribution in [0.2, 0.25) is 0 Å². The molecule has 4 aliphatic rings. The van der Waals surface area contributed by atoms with Crippen molar-refractivity contribution in [1.29, 1.82) is 10.5 Å². The predicted molar refractivity (Wildman–Crippen MR) is 149 cm³/mol. The molecule has 0 amide bonds. The number of allylic oxidation sites excluding steroid dienone is 5. The molecule has 0 bridgehead atoms. The van der Waals surface area contributed by atoms with Crippen molar-refractivity contribution >= 4 is 23.9 Å². The summed E-state index contributed by atoms with van der Waals surface area (Å²) >= 11 is 0. The monoisotopic (exact) mass is 608 g/mol. The molecule has 0 spiro atoms. The van der Waals surface area contributed by atoms with Gasteiger partial charge in [-0.25, -0.2) is 9.59 Å². The minimum absolute atomic E-state index is 0. The summed E-state index contributed by atoms with van der Waals surface area (Å²) in [4.78, 5) is 47.3. The largest absolute Gasteiger partial charge is 1.00 e. The fourth-order valence-electron chi connectivity index (χ4n) is 6.45. The summed E-state index contributed by atoms with van der Waals surface area (Å²) in [7, 11) is 6.01. The summed E-state index contributed by atoms with van der Waals surface area (Å²) < 4.78 is 18.8. The van der Waals surface area contributed by atoms with Crippen LogP contribution in [0, 0.1) is 58.2 Å². The number of rotatable bonds is 7. The molecular formula is C31H41N2NaO9. The Morgan fingerprint density at radius 3 is 1.77 bits per heavy atom. The number of hydrogen-bond acceptors (Lipinski definition) is 11. The van der Waals surface area contributed by atoms with Crippen molar-refractivity contribution in [3.8, 4) is 6.07 Å². The van der Waals surface area contributed by atoms with E-state index in [1.165, 1.54) is 39.6 Å². The summed E-state index contributed by atoms with van der Waals surface area (Å²) in [6.07, 6.45) is 9.61. The number of ether oxygens (including phenoxy) is 4. The average molecular weight is 609 g/mol. The number of carbonyl (C=O) groups is 4. The summed E-state index contributed by atoms with van der Waals surface area (Å²) in [5.74, 6) is -2.61. The molecule has 0 heterocycles. The third-order valence-electron chi connectivity index (χ3n) is 8.58. The van der Waals surface area contributed by atoms with Crippen LogP contribution >= 0.6 is 0 Å². The fraction of sp³-hybridized carbons (Fsp3) is 0.613. The topological polar surface area (TPSA) is 173 Å². The first kappa shape index (κ1) is 40.0. The van der Waals surface area contributed by atoms with E-state index in [0.29, 0.717) is 18.3 Å². The van der Waals surface area contributed by atoms with E-state index in [9.17, 15) is 24.4 Å². The number of esters is 4. The van der Waals surface area contributed by atoms with Crippen molar-refractivity contribution in [3.63, 3.8) is 0 Å². The van der Waals surface area contributed by atoms with E-state index in [0.717, 1.165) is 44.8 Å². The zero-order valence-corrected chi connectivity index (χ0v) is 28.4. The maximum atomic E-state index is 12.0. The molecule has 0 aromatic carbocycles. The second-order valence-electron chi connectivity index (χ2n) is 10.3. The van der Waals surface area contributed by atoms with E-state index < -0.39 is 35.2 Å². The van der Waals surface area contributed by atoms with Crippen LogP contribution in [0.4, 0.5) is 0 Å². The van der Waals surface area contributed by atoms with Gasteiger partial charge in [0, 0.05) is 18.9 Å². The summed E-state index contributed by atoms with van der Waals surface area (Å²) in [5, 5.41) is 22.9. The summed E-state index contributed by atoms with van der Waals surface area (Å²) in [6, 6.07) is 2.22. The first-order chi connectivity index (χ1) is 20.2. The maximum Gasteiger partial charge on any atom is 1.00 e. The minimum Gasteiger partial charge on any atom is -0.512 e. The summed E-state index contributed by atoms with van der Waals surface area (Å²) in [6.45, 7) is 8.95. The normalized spacial score (nSPS) is 24.9. The van der Waals surface area contributed by atoms with Gasteiger partial charge < -0.3 is 35.9 Å². The van der Waals surface area contributed by atoms with Crippen LogP contribution in [0.3, 0.4) is 0 Å². The third kappa shape index (κ3) is 8.16. The molecule has 5 atom stereocenters. The Hall–Kier alpha value is -2.96. The Morgan fingerprint density at radius 1 is 0.884 bits per heavy atom. The van der Waals surface area contributed by atoms with Gasteiger partial charge in [-0.15, -0.1) is 0 Å². The van der Waals surface area contributed by atoms with Gasteiger partial charge in [0.1, 0.15) is 5.57 Å². The smallest absolute Gasteiger partial charge is 0.512 e. The molecule has 11 nitrogen and oxygen atoms in total. The van der Waals surface area contributed by atoms with E-state index >= 15 is 0 Å². The molecule has 0 radical (unpaired) electrons. The van der Waals surface area contributed by atoms with Gasteiger partial charge in [-0.3, -0.25) is 9.59 Å². The van der Waals surface area contributed by atoms with Crippen LogP contribution in [0.1, 0.15) is 52.4 Å². The average Bonchev–Trinajstić information content (AvgIpc) is 3.55. The van der Waals surface area contributed by atoms with Crippen molar-refractivity contribution < 1.29 is 72.8 Å². The van der Waals surface area contributed by atoms with Gasteiger partial charge in [0.2, 0.25) is 0 Å². The van der Waals surface area contributed by atoms with E-state index in [2.05, 4.69) is 41.5 Å². The molecule has 43 heavy (non-hydrogen) atoms. The predicted octanol–water partition coefficient (Wildman–Crippen LogP) is 0.549. The van der Waals surface area contributed by atoms with Gasteiger partial charge in [0.25, 0.3) is 0 Å². The first-order valence-electron chi connectivity index (χ1n) is 13.7. The number of nitriles is 1. The number of nitrogens with zero attached hydrogens (tertiary/aromatic N) is 2. The van der Waals surface area contributed by atoms with Crippen molar-refractivity contribution in [2.24, 2.45) is 35.0 Å². The quantitative estimate of drug-likeness (QED) is 0.0625. The zero-order chi connectivity index (χ0) is 32.2. The maximum absolute atomic E-state index is 12.0. The third-order valence-corrected chi connectivity index (χ3v) is 8.58. The molecule has 0 unspecified atom stereocenters. The Balaban J connectivity index is 0.000000723. The molecule has 12 heteroatoms. The molecule has 2 saturated carbocycles. The van der Waals surface area contributed by atoms with Gasteiger partial charge in [-0.05, 0) is 55.9 Å². The van der Waals surface area contributed by atoms with Crippen molar-refractivity contribution in [2.75, 3.05) is 35.5 Å². The number of carbonyl (C=O) groups excluding carboxylic acids is 4. The Morgan fingerprint density at radius 2 is 1.35 bits per heavy atom. The molecule has 0 aromatic rings. The molecule has 0 saturated heterocycles. The van der Waals surface area contributed by atoms with Crippen molar-refractivity contribution in [3.05, 3.63) is 41.0 Å². The molecule has 4 rings (SSSR count). The number of aliphatic hydroxyl groups excluding tert-OH is 1. The molecule has 230 valence electrons. The molecule has 1 N–H and O–H groups in total. The molecule has 2 fully saturated rings. The second-order valence-corrected chi connectivity index (χ2v) is 10.3. The van der Waals surface area contributed by atoms with Gasteiger partial charge >= 0.3 is 53.4 Å². The van der Waals surface area contributed by atoms with Crippen LogP contribution in [-0.2, 0) is 38.1 Å². The zero-order valence-electron chi connectivity index (χ0n) is 26.4. The summed E-state index contributed by atoms with van der Waals surface area (Å²) in [5.41, 5.74) is 2.67. The number of hydrogen-bond donors (Lipinski definition) is 1. The van der Waals surface area contributed by atoms with E-state index in [1.54, 1.807) is 0 Å².